The zero-order chi connectivity index (χ0) is 28.4. The van der Waals surface area contributed by atoms with Gasteiger partial charge in [0.05, 0.1) is 36.5 Å². The van der Waals surface area contributed by atoms with Gasteiger partial charge in [-0.3, -0.25) is 9.20 Å². The number of carbonyl (C=O) groups excluding carboxylic acids is 2. The molecule has 1 amide bonds. The van der Waals surface area contributed by atoms with E-state index in [1.165, 1.54) is 0 Å². The molecule has 0 radical (unpaired) electrons. The molecular weight excluding hydrogens is 522 g/mol. The summed E-state index contributed by atoms with van der Waals surface area (Å²) < 4.78 is 36.2. The van der Waals surface area contributed by atoms with Gasteiger partial charge in [0, 0.05) is 12.0 Å². The fourth-order valence-corrected chi connectivity index (χ4v) is 5.60. The smallest absolute Gasteiger partial charge is 0.407 e. The molecular formula is C27H37N5O6S. The summed E-state index contributed by atoms with van der Waals surface area (Å²) in [5.41, 5.74) is 2.46. The fraction of sp³-hybridized carbons (Fsp3) is 0.481. The lowest BCUT2D eigenvalue weighted by atomic mass is 10.2. The predicted octanol–water partition coefficient (Wildman–Crippen LogP) is 2.65. The maximum Gasteiger partial charge on any atom is 0.407 e. The molecule has 2 N–H and O–H groups in total. The first-order valence-corrected chi connectivity index (χ1v) is 14.7. The number of amides is 1. The van der Waals surface area contributed by atoms with Crippen LogP contribution in [-0.4, -0.2) is 72.1 Å². The number of ether oxygens (including phenoxy) is 2. The molecule has 212 valence electrons. The molecule has 3 atom stereocenters. The second kappa shape index (κ2) is 14.2. The lowest BCUT2D eigenvalue weighted by Gasteiger charge is -2.14. The molecule has 4 rings (SSSR count). The standard InChI is InChI=1S/C22H26N4O5S.C5H11NO/c1-16(12-30-13-17-6-3-2-4-7-17)21-25-24-20-9-5-8-19(26(20)21)14-31-22(27)23-18-10-11-32(28,29)15-18;1-4(6-3)5(2)7/h2-9,16,18H,10-15H2,1H3,(H,23,27);4,6H,1-3H3. The van der Waals surface area contributed by atoms with Gasteiger partial charge in [-0.2, -0.15) is 0 Å². The van der Waals surface area contributed by atoms with Gasteiger partial charge in [0.1, 0.15) is 18.2 Å². The van der Waals surface area contributed by atoms with E-state index in [4.69, 9.17) is 9.47 Å². The van der Waals surface area contributed by atoms with Crippen LogP contribution in [0.1, 0.15) is 50.2 Å². The zero-order valence-corrected chi connectivity index (χ0v) is 23.6. The maximum absolute atomic E-state index is 12.2. The van der Waals surface area contributed by atoms with E-state index in [2.05, 4.69) is 20.8 Å². The number of sulfone groups is 1. The number of benzene rings is 1. The van der Waals surface area contributed by atoms with Crippen molar-refractivity contribution in [3.05, 3.63) is 65.6 Å². The van der Waals surface area contributed by atoms with Crippen LogP contribution < -0.4 is 10.6 Å². The molecule has 3 heterocycles. The number of likely N-dealkylation sites (N-methyl/N-ethyl adjacent to an activating group) is 1. The number of pyridine rings is 1. The SMILES string of the molecule is CC(COCc1ccccc1)c1nnc2cccc(COC(=O)NC3CCS(=O)(=O)C3)n12.CNC(C)C(C)=O. The van der Waals surface area contributed by atoms with Crippen molar-refractivity contribution < 1.29 is 27.5 Å². The summed E-state index contributed by atoms with van der Waals surface area (Å²) in [6.07, 6.45) is -0.235. The number of hydrogen-bond acceptors (Lipinski definition) is 9. The molecule has 0 saturated carbocycles. The average Bonchev–Trinajstić information content (AvgIpc) is 3.50. The highest BCUT2D eigenvalue weighted by Crippen LogP contribution is 2.19. The van der Waals surface area contributed by atoms with Gasteiger partial charge in [0.15, 0.2) is 15.5 Å². The van der Waals surface area contributed by atoms with E-state index < -0.39 is 22.0 Å². The highest BCUT2D eigenvalue weighted by atomic mass is 32.2. The van der Waals surface area contributed by atoms with Crippen molar-refractivity contribution in [2.45, 2.75) is 58.4 Å². The topological polar surface area (TPSA) is 141 Å². The number of nitrogens with one attached hydrogen (secondary N) is 2. The van der Waals surface area contributed by atoms with Gasteiger partial charge in [-0.05, 0) is 45.0 Å². The van der Waals surface area contributed by atoms with Crippen LogP contribution in [0.25, 0.3) is 5.65 Å². The number of ketones is 1. The molecule has 0 aliphatic carbocycles. The first-order chi connectivity index (χ1) is 18.6. The Morgan fingerprint density at radius 3 is 2.44 bits per heavy atom. The Kier molecular flexibility index (Phi) is 11.0. The van der Waals surface area contributed by atoms with Gasteiger partial charge in [0.2, 0.25) is 0 Å². The molecule has 0 spiro atoms. The Labute approximate surface area is 229 Å². The zero-order valence-electron chi connectivity index (χ0n) is 22.8. The highest BCUT2D eigenvalue weighted by molar-refractivity contribution is 7.91. The third kappa shape index (κ3) is 9.12. The molecule has 3 aromatic rings. The minimum absolute atomic E-state index is 0.00523. The number of hydrogen-bond donors (Lipinski definition) is 2. The van der Waals surface area contributed by atoms with E-state index in [0.29, 0.717) is 31.0 Å². The monoisotopic (exact) mass is 559 g/mol. The molecule has 2 aromatic heterocycles. The van der Waals surface area contributed by atoms with E-state index in [9.17, 15) is 18.0 Å². The van der Waals surface area contributed by atoms with Gasteiger partial charge in [0.25, 0.3) is 0 Å². The van der Waals surface area contributed by atoms with Crippen molar-refractivity contribution >= 4 is 27.4 Å². The predicted molar refractivity (Wildman–Crippen MR) is 147 cm³/mol. The van der Waals surface area contributed by atoms with Gasteiger partial charge < -0.3 is 20.1 Å². The summed E-state index contributed by atoms with van der Waals surface area (Å²) in [5, 5.41) is 14.0. The minimum Gasteiger partial charge on any atom is -0.443 e. The third-order valence-electron chi connectivity index (χ3n) is 6.40. The van der Waals surface area contributed by atoms with Crippen LogP contribution in [0.4, 0.5) is 4.79 Å². The molecule has 1 aromatic carbocycles. The van der Waals surface area contributed by atoms with Crippen LogP contribution in [0.15, 0.2) is 48.5 Å². The van der Waals surface area contributed by atoms with Crippen LogP contribution in [0, 0.1) is 0 Å². The quantitative estimate of drug-likeness (QED) is 0.383. The first kappa shape index (κ1) is 30.2. The molecule has 1 aliphatic heterocycles. The summed E-state index contributed by atoms with van der Waals surface area (Å²) in [6, 6.07) is 15.0. The number of Topliss-reactive ketones (excluding diaryl/α,β-unsaturated/α-hetero) is 1. The highest BCUT2D eigenvalue weighted by Gasteiger charge is 2.29. The van der Waals surface area contributed by atoms with Crippen molar-refractivity contribution in [1.29, 1.82) is 0 Å². The number of carbonyl (C=O) groups is 2. The van der Waals surface area contributed by atoms with Gasteiger partial charge in [-0.25, -0.2) is 13.2 Å². The molecule has 3 unspecified atom stereocenters. The number of rotatable bonds is 10. The van der Waals surface area contributed by atoms with Gasteiger partial charge >= 0.3 is 6.09 Å². The van der Waals surface area contributed by atoms with E-state index >= 15 is 0 Å². The molecule has 1 saturated heterocycles. The summed E-state index contributed by atoms with van der Waals surface area (Å²) in [5.74, 6) is 0.906. The van der Waals surface area contributed by atoms with Crippen LogP contribution in [-0.2, 0) is 37.3 Å². The molecule has 39 heavy (non-hydrogen) atoms. The number of alkyl carbamates (subject to hydrolysis) is 1. The first-order valence-electron chi connectivity index (χ1n) is 12.9. The Morgan fingerprint density at radius 2 is 1.82 bits per heavy atom. The number of fused-ring (bicyclic) bond motifs is 1. The van der Waals surface area contributed by atoms with E-state index in [1.54, 1.807) is 14.0 Å². The van der Waals surface area contributed by atoms with Crippen molar-refractivity contribution in [2.24, 2.45) is 0 Å². The van der Waals surface area contributed by atoms with E-state index in [1.807, 2.05) is 66.8 Å². The molecule has 12 heteroatoms. The van der Waals surface area contributed by atoms with Crippen LogP contribution in [0.3, 0.4) is 0 Å². The van der Waals surface area contributed by atoms with Crippen molar-refractivity contribution in [1.82, 2.24) is 25.2 Å². The lowest BCUT2D eigenvalue weighted by Crippen LogP contribution is -2.36. The normalized spacial score (nSPS) is 17.6. The van der Waals surface area contributed by atoms with E-state index in [0.717, 1.165) is 11.4 Å². The summed E-state index contributed by atoms with van der Waals surface area (Å²) >= 11 is 0. The molecule has 1 fully saturated rings. The maximum atomic E-state index is 12.2. The third-order valence-corrected chi connectivity index (χ3v) is 8.17. The lowest BCUT2D eigenvalue weighted by molar-refractivity contribution is -0.118. The second-order valence-corrected chi connectivity index (χ2v) is 11.8. The Balaban J connectivity index is 0.000000532. The number of nitrogens with zero attached hydrogens (tertiary/aromatic N) is 3. The minimum atomic E-state index is -3.07. The second-order valence-electron chi connectivity index (χ2n) is 9.61. The van der Waals surface area contributed by atoms with Crippen molar-refractivity contribution in [3.63, 3.8) is 0 Å². The molecule has 1 aliphatic rings. The summed E-state index contributed by atoms with van der Waals surface area (Å²) in [7, 11) is -1.30. The Hall–Kier alpha value is -3.35. The molecule has 11 nitrogen and oxygen atoms in total. The number of aromatic nitrogens is 3. The van der Waals surface area contributed by atoms with Gasteiger partial charge in [-0.15, -0.1) is 10.2 Å². The van der Waals surface area contributed by atoms with Crippen LogP contribution in [0.2, 0.25) is 0 Å². The Morgan fingerprint density at radius 1 is 1.08 bits per heavy atom. The Bertz CT molecular complexity index is 1350. The van der Waals surface area contributed by atoms with Crippen LogP contribution in [0.5, 0.6) is 0 Å². The summed E-state index contributed by atoms with van der Waals surface area (Å²) in [4.78, 5) is 22.5. The average molecular weight is 560 g/mol. The largest absolute Gasteiger partial charge is 0.443 e. The van der Waals surface area contributed by atoms with E-state index in [-0.39, 0.29) is 35.9 Å². The van der Waals surface area contributed by atoms with Crippen molar-refractivity contribution in [2.75, 3.05) is 25.2 Å². The molecule has 0 bridgehead atoms. The summed E-state index contributed by atoms with van der Waals surface area (Å²) in [6.45, 7) is 6.39. The van der Waals surface area contributed by atoms with Gasteiger partial charge in [-0.1, -0.05) is 43.3 Å². The fourth-order valence-electron chi connectivity index (χ4n) is 3.93. The van der Waals surface area contributed by atoms with Crippen LogP contribution >= 0.6 is 0 Å². The van der Waals surface area contributed by atoms with Crippen molar-refractivity contribution in [3.8, 4) is 0 Å².